The lowest BCUT2D eigenvalue weighted by molar-refractivity contribution is 0.0118. The van der Waals surface area contributed by atoms with Crippen LogP contribution >= 0.6 is 0 Å². The van der Waals surface area contributed by atoms with E-state index in [0.29, 0.717) is 18.8 Å². The smallest absolute Gasteiger partial charge is 0.217 e. The molecule has 36 heavy (non-hydrogen) atoms. The fourth-order valence-corrected chi connectivity index (χ4v) is 5.38. The first-order valence-corrected chi connectivity index (χ1v) is 12.4. The highest BCUT2D eigenvalue weighted by atomic mass is 16.5. The quantitative estimate of drug-likeness (QED) is 0.275. The van der Waals surface area contributed by atoms with Crippen LogP contribution in [0.15, 0.2) is 97.1 Å². The van der Waals surface area contributed by atoms with E-state index in [1.807, 2.05) is 49.5 Å². The standard InChI is InChI=1S/C32H32N2O2/c1-22-16-17-29-25(20-22)21-27(31(34-29)36-3)30(24-11-5-4-6-12-24)32(35,18-19-33-2)28-15-9-13-23-10-7-8-14-26(23)28/h4-17,20-21,30,33,35H,18-19H2,1-3H3/t30-,32-/m1/s1. The Morgan fingerprint density at radius 3 is 2.42 bits per heavy atom. The first-order chi connectivity index (χ1) is 17.5. The fourth-order valence-electron chi connectivity index (χ4n) is 5.38. The zero-order chi connectivity index (χ0) is 25.1. The van der Waals surface area contributed by atoms with Crippen LogP contribution in [0.2, 0.25) is 0 Å². The molecule has 4 aromatic carbocycles. The molecule has 5 rings (SSSR count). The Balaban J connectivity index is 1.84. The number of aryl methyl sites for hydroxylation is 1. The number of hydrogen-bond acceptors (Lipinski definition) is 4. The lowest BCUT2D eigenvalue weighted by Gasteiger charge is -2.39. The Morgan fingerprint density at radius 1 is 0.889 bits per heavy atom. The fraction of sp³-hybridized carbons (Fsp3) is 0.219. The summed E-state index contributed by atoms with van der Waals surface area (Å²) in [6.07, 6.45) is 0.506. The average molecular weight is 477 g/mol. The zero-order valence-electron chi connectivity index (χ0n) is 21.0. The van der Waals surface area contributed by atoms with Crippen molar-refractivity contribution in [2.75, 3.05) is 20.7 Å². The molecule has 0 spiro atoms. The molecule has 0 aliphatic heterocycles. The molecule has 0 amide bonds. The van der Waals surface area contributed by atoms with E-state index >= 15 is 0 Å². The van der Waals surface area contributed by atoms with Gasteiger partial charge in [-0.15, -0.1) is 0 Å². The van der Waals surface area contributed by atoms with Crippen LogP contribution in [0.1, 0.15) is 34.6 Å². The minimum Gasteiger partial charge on any atom is -0.481 e. The maximum Gasteiger partial charge on any atom is 0.217 e. The van der Waals surface area contributed by atoms with Crippen LogP contribution in [0.4, 0.5) is 0 Å². The van der Waals surface area contributed by atoms with E-state index in [2.05, 4.69) is 66.8 Å². The van der Waals surface area contributed by atoms with Crippen LogP contribution in [-0.4, -0.2) is 30.8 Å². The van der Waals surface area contributed by atoms with Crippen LogP contribution in [0.25, 0.3) is 21.7 Å². The maximum absolute atomic E-state index is 12.9. The number of rotatable bonds is 8. The number of nitrogens with one attached hydrogen (secondary N) is 1. The lowest BCUT2D eigenvalue weighted by atomic mass is 9.70. The van der Waals surface area contributed by atoms with Gasteiger partial charge in [0.25, 0.3) is 0 Å². The van der Waals surface area contributed by atoms with Crippen LogP contribution in [0.3, 0.4) is 0 Å². The van der Waals surface area contributed by atoms with Gasteiger partial charge in [0.1, 0.15) is 5.60 Å². The van der Waals surface area contributed by atoms with E-state index in [0.717, 1.165) is 43.9 Å². The summed E-state index contributed by atoms with van der Waals surface area (Å²) in [5.74, 6) is 0.119. The molecule has 0 aliphatic rings. The summed E-state index contributed by atoms with van der Waals surface area (Å²) in [5, 5.41) is 19.3. The first-order valence-electron chi connectivity index (χ1n) is 12.4. The van der Waals surface area contributed by atoms with Crippen LogP contribution < -0.4 is 10.1 Å². The normalized spacial score (nSPS) is 14.0. The molecule has 1 heterocycles. The molecule has 5 aromatic rings. The Morgan fingerprint density at radius 2 is 1.64 bits per heavy atom. The predicted molar refractivity (Wildman–Crippen MR) is 148 cm³/mol. The van der Waals surface area contributed by atoms with Crippen molar-refractivity contribution in [3.05, 3.63) is 119 Å². The van der Waals surface area contributed by atoms with E-state index in [4.69, 9.17) is 9.72 Å². The number of aromatic nitrogens is 1. The van der Waals surface area contributed by atoms with Crippen molar-refractivity contribution >= 4 is 21.7 Å². The Kier molecular flexibility index (Phi) is 6.73. The maximum atomic E-state index is 12.9. The Hall–Kier alpha value is -3.73. The van der Waals surface area contributed by atoms with Gasteiger partial charge in [-0.3, -0.25) is 0 Å². The van der Waals surface area contributed by atoms with Crippen LogP contribution in [0.5, 0.6) is 5.88 Å². The summed E-state index contributed by atoms with van der Waals surface area (Å²) >= 11 is 0. The number of benzene rings is 4. The average Bonchev–Trinajstić information content (AvgIpc) is 2.92. The molecule has 0 radical (unpaired) electrons. The summed E-state index contributed by atoms with van der Waals surface area (Å²) < 4.78 is 5.87. The van der Waals surface area contributed by atoms with Crippen molar-refractivity contribution in [1.82, 2.24) is 10.3 Å². The third-order valence-electron chi connectivity index (χ3n) is 7.09. The van der Waals surface area contributed by atoms with Gasteiger partial charge in [0.05, 0.1) is 12.6 Å². The van der Waals surface area contributed by atoms with Gasteiger partial charge in [0.2, 0.25) is 5.88 Å². The van der Waals surface area contributed by atoms with Crippen LogP contribution in [-0.2, 0) is 5.60 Å². The van der Waals surface area contributed by atoms with E-state index in [1.54, 1.807) is 7.11 Å². The summed E-state index contributed by atoms with van der Waals surface area (Å²) in [7, 11) is 3.57. The van der Waals surface area contributed by atoms with Crippen molar-refractivity contribution in [2.45, 2.75) is 24.9 Å². The monoisotopic (exact) mass is 476 g/mol. The van der Waals surface area contributed by atoms with Gasteiger partial charge in [0.15, 0.2) is 0 Å². The number of aliphatic hydroxyl groups is 1. The second-order valence-electron chi connectivity index (χ2n) is 9.43. The van der Waals surface area contributed by atoms with Gasteiger partial charge < -0.3 is 15.2 Å². The van der Waals surface area contributed by atoms with E-state index in [-0.39, 0.29) is 0 Å². The van der Waals surface area contributed by atoms with Crippen molar-refractivity contribution in [3.8, 4) is 5.88 Å². The summed E-state index contributed by atoms with van der Waals surface area (Å²) in [5.41, 5.74) is 3.58. The highest BCUT2D eigenvalue weighted by Gasteiger charge is 2.42. The number of fused-ring (bicyclic) bond motifs is 2. The van der Waals surface area contributed by atoms with E-state index in [1.165, 1.54) is 0 Å². The molecule has 182 valence electrons. The van der Waals surface area contributed by atoms with Crippen molar-refractivity contribution in [1.29, 1.82) is 0 Å². The highest BCUT2D eigenvalue weighted by Crippen LogP contribution is 2.48. The van der Waals surface area contributed by atoms with Gasteiger partial charge in [-0.1, -0.05) is 84.4 Å². The minimum atomic E-state index is -1.24. The van der Waals surface area contributed by atoms with Crippen molar-refractivity contribution < 1.29 is 9.84 Å². The van der Waals surface area contributed by atoms with Gasteiger partial charge in [-0.25, -0.2) is 4.98 Å². The molecule has 0 fully saturated rings. The highest BCUT2D eigenvalue weighted by molar-refractivity contribution is 5.87. The summed E-state index contributed by atoms with van der Waals surface area (Å²) in [4.78, 5) is 4.88. The van der Waals surface area contributed by atoms with Gasteiger partial charge >= 0.3 is 0 Å². The van der Waals surface area contributed by atoms with E-state index < -0.39 is 11.5 Å². The van der Waals surface area contributed by atoms with Gasteiger partial charge in [-0.2, -0.15) is 0 Å². The second kappa shape index (κ2) is 10.1. The van der Waals surface area contributed by atoms with Gasteiger partial charge in [0, 0.05) is 16.9 Å². The Bertz CT molecular complexity index is 1490. The molecule has 0 saturated carbocycles. The molecule has 1 aromatic heterocycles. The number of hydrogen-bond donors (Lipinski definition) is 2. The van der Waals surface area contributed by atoms with Crippen molar-refractivity contribution in [2.24, 2.45) is 0 Å². The molecule has 0 saturated heterocycles. The number of pyridine rings is 1. The molecule has 2 N–H and O–H groups in total. The molecule has 4 nitrogen and oxygen atoms in total. The van der Waals surface area contributed by atoms with E-state index in [9.17, 15) is 5.11 Å². The van der Waals surface area contributed by atoms with Gasteiger partial charge in [-0.05, 0) is 67.0 Å². The third-order valence-corrected chi connectivity index (χ3v) is 7.09. The molecule has 2 atom stereocenters. The molecule has 4 heteroatoms. The largest absolute Gasteiger partial charge is 0.481 e. The zero-order valence-corrected chi connectivity index (χ0v) is 21.0. The first kappa shape index (κ1) is 24.0. The molecule has 0 unspecified atom stereocenters. The second-order valence-corrected chi connectivity index (χ2v) is 9.43. The molecule has 0 bridgehead atoms. The van der Waals surface area contributed by atoms with Crippen LogP contribution in [0, 0.1) is 6.92 Å². The minimum absolute atomic E-state index is 0.412. The number of methoxy groups -OCH3 is 1. The molecular formula is C32H32N2O2. The van der Waals surface area contributed by atoms with Crippen molar-refractivity contribution in [3.63, 3.8) is 0 Å². The summed E-state index contributed by atoms with van der Waals surface area (Å²) in [6, 6.07) is 33.0. The molecule has 0 aliphatic carbocycles. The number of ether oxygens (including phenoxy) is 1. The molecular weight excluding hydrogens is 444 g/mol. The SMILES string of the molecule is CNCC[C@@](O)(c1cccc2ccccc12)[C@H](c1ccccc1)c1cc2cc(C)ccc2nc1OC. The number of nitrogens with zero attached hydrogens (tertiary/aromatic N) is 1. The lowest BCUT2D eigenvalue weighted by Crippen LogP contribution is -2.37. The Labute approximate surface area is 212 Å². The third kappa shape index (κ3) is 4.34. The summed E-state index contributed by atoms with van der Waals surface area (Å²) in [6.45, 7) is 2.73. The topological polar surface area (TPSA) is 54.4 Å². The predicted octanol–water partition coefficient (Wildman–Crippen LogP) is 6.33.